The van der Waals surface area contributed by atoms with E-state index in [1.807, 2.05) is 0 Å². The first kappa shape index (κ1) is 14.0. The number of rotatable bonds is 3. The maximum atomic E-state index is 11.9. The van der Waals surface area contributed by atoms with E-state index in [2.05, 4.69) is 10.3 Å². The van der Waals surface area contributed by atoms with Gasteiger partial charge in [-0.15, -0.1) is 0 Å². The van der Waals surface area contributed by atoms with Crippen molar-refractivity contribution in [1.82, 2.24) is 4.98 Å². The molecule has 0 spiro atoms. The molecule has 7 heteroatoms. The number of hydrogen-bond acceptors (Lipinski definition) is 4. The smallest absolute Gasteiger partial charge is 0.255 e. The van der Waals surface area contributed by atoms with Gasteiger partial charge in [0.2, 0.25) is 5.56 Å². The van der Waals surface area contributed by atoms with Crippen LogP contribution in [0, 0.1) is 0 Å². The van der Waals surface area contributed by atoms with Crippen molar-refractivity contribution in [2.75, 3.05) is 11.6 Å². The second-order valence-corrected chi connectivity index (χ2v) is 6.21. The molecule has 0 fully saturated rings. The summed E-state index contributed by atoms with van der Waals surface area (Å²) in [5.41, 5.74) is 0.300. The van der Waals surface area contributed by atoms with E-state index in [1.165, 1.54) is 42.6 Å². The van der Waals surface area contributed by atoms with Gasteiger partial charge in [0.25, 0.3) is 5.91 Å². The van der Waals surface area contributed by atoms with Crippen molar-refractivity contribution in [2.45, 2.75) is 4.90 Å². The zero-order chi connectivity index (χ0) is 14.8. The number of aromatic nitrogens is 1. The Kier molecular flexibility index (Phi) is 3.71. The molecule has 2 aromatic rings. The molecule has 2 N–H and O–H groups in total. The van der Waals surface area contributed by atoms with Gasteiger partial charge in [-0.3, -0.25) is 9.59 Å². The average Bonchev–Trinajstić information content (AvgIpc) is 2.38. The summed E-state index contributed by atoms with van der Waals surface area (Å²) in [7, 11) is -3.26. The molecule has 0 aliphatic carbocycles. The quantitative estimate of drug-likeness (QED) is 0.883. The Balaban J connectivity index is 2.18. The molecule has 0 unspecified atom stereocenters. The SMILES string of the molecule is CS(=O)(=O)c1ccc(NC(=O)c2cc[nH]c(=O)c2)cc1. The number of carbonyl (C=O) groups excluding carboxylic acids is 1. The topological polar surface area (TPSA) is 96.1 Å². The molecule has 0 radical (unpaired) electrons. The van der Waals surface area contributed by atoms with Crippen LogP contribution in [-0.2, 0) is 9.84 Å². The molecule has 20 heavy (non-hydrogen) atoms. The minimum Gasteiger partial charge on any atom is -0.329 e. The van der Waals surface area contributed by atoms with E-state index in [0.717, 1.165) is 6.26 Å². The monoisotopic (exact) mass is 292 g/mol. The van der Waals surface area contributed by atoms with Gasteiger partial charge in [0.15, 0.2) is 9.84 Å². The summed E-state index contributed by atoms with van der Waals surface area (Å²) in [4.78, 5) is 25.6. The lowest BCUT2D eigenvalue weighted by molar-refractivity contribution is 0.102. The Morgan fingerprint density at radius 1 is 1.15 bits per heavy atom. The van der Waals surface area contributed by atoms with Crippen LogP contribution in [0.5, 0.6) is 0 Å². The fraction of sp³-hybridized carbons (Fsp3) is 0.0769. The molecule has 0 aliphatic rings. The van der Waals surface area contributed by atoms with Crippen LogP contribution < -0.4 is 10.9 Å². The summed E-state index contributed by atoms with van der Waals surface area (Å²) in [6.45, 7) is 0. The predicted molar refractivity (Wildman–Crippen MR) is 74.6 cm³/mol. The molecule has 0 saturated carbocycles. The normalized spacial score (nSPS) is 11.1. The molecular formula is C13H12N2O4S. The Bertz CT molecular complexity index is 792. The minimum atomic E-state index is -3.26. The van der Waals surface area contributed by atoms with Crippen LogP contribution in [0.1, 0.15) is 10.4 Å². The third-order valence-electron chi connectivity index (χ3n) is 2.58. The Labute approximate surface area is 115 Å². The molecule has 6 nitrogen and oxygen atoms in total. The second-order valence-electron chi connectivity index (χ2n) is 4.19. The van der Waals surface area contributed by atoms with Crippen LogP contribution in [0.2, 0.25) is 0 Å². The summed E-state index contributed by atoms with van der Waals surface area (Å²) >= 11 is 0. The second kappa shape index (κ2) is 5.30. The Hall–Kier alpha value is -2.41. The Morgan fingerprint density at radius 3 is 2.35 bits per heavy atom. The van der Waals surface area contributed by atoms with E-state index >= 15 is 0 Å². The summed E-state index contributed by atoms with van der Waals surface area (Å²) in [6.07, 6.45) is 2.49. The first-order valence-electron chi connectivity index (χ1n) is 5.66. The zero-order valence-corrected chi connectivity index (χ0v) is 11.4. The number of aromatic amines is 1. The van der Waals surface area contributed by atoms with Crippen LogP contribution in [0.4, 0.5) is 5.69 Å². The van der Waals surface area contributed by atoms with Gasteiger partial charge in [0.05, 0.1) is 4.90 Å². The standard InChI is InChI=1S/C13H12N2O4S/c1-20(18,19)11-4-2-10(3-5-11)15-13(17)9-6-7-14-12(16)8-9/h2-8H,1H3,(H,14,16)(H,15,17). The first-order chi connectivity index (χ1) is 9.36. The van der Waals surface area contributed by atoms with E-state index in [9.17, 15) is 18.0 Å². The number of H-pyrrole nitrogens is 1. The van der Waals surface area contributed by atoms with Crippen molar-refractivity contribution >= 4 is 21.4 Å². The lowest BCUT2D eigenvalue weighted by atomic mass is 10.2. The molecule has 1 aromatic heterocycles. The van der Waals surface area contributed by atoms with Gasteiger partial charge in [-0.1, -0.05) is 0 Å². The van der Waals surface area contributed by atoms with Gasteiger partial charge in [-0.2, -0.15) is 0 Å². The third kappa shape index (κ3) is 3.33. The molecule has 0 atom stereocenters. The van der Waals surface area contributed by atoms with Crippen LogP contribution >= 0.6 is 0 Å². The van der Waals surface area contributed by atoms with E-state index in [0.29, 0.717) is 5.69 Å². The fourth-order valence-electron chi connectivity index (χ4n) is 1.57. The van der Waals surface area contributed by atoms with E-state index < -0.39 is 15.7 Å². The number of amides is 1. The highest BCUT2D eigenvalue weighted by atomic mass is 32.2. The van der Waals surface area contributed by atoms with Crippen molar-refractivity contribution < 1.29 is 13.2 Å². The Morgan fingerprint density at radius 2 is 1.80 bits per heavy atom. The fourth-order valence-corrected chi connectivity index (χ4v) is 2.21. The minimum absolute atomic E-state index is 0.173. The zero-order valence-electron chi connectivity index (χ0n) is 10.6. The van der Waals surface area contributed by atoms with E-state index in [-0.39, 0.29) is 16.0 Å². The van der Waals surface area contributed by atoms with Crippen molar-refractivity contribution in [2.24, 2.45) is 0 Å². The van der Waals surface area contributed by atoms with Gasteiger partial charge in [-0.05, 0) is 30.3 Å². The molecule has 1 heterocycles. The van der Waals surface area contributed by atoms with Crippen LogP contribution in [-0.4, -0.2) is 25.6 Å². The maximum absolute atomic E-state index is 11.9. The number of hydrogen-bond donors (Lipinski definition) is 2. The molecule has 104 valence electrons. The predicted octanol–water partition coefficient (Wildman–Crippen LogP) is 1.03. The third-order valence-corrected chi connectivity index (χ3v) is 3.71. The van der Waals surface area contributed by atoms with Crippen LogP contribution in [0.25, 0.3) is 0 Å². The summed E-state index contributed by atoms with van der Waals surface area (Å²) in [6, 6.07) is 8.44. The first-order valence-corrected chi connectivity index (χ1v) is 7.55. The van der Waals surface area contributed by atoms with Crippen molar-refractivity contribution in [1.29, 1.82) is 0 Å². The average molecular weight is 292 g/mol. The molecular weight excluding hydrogens is 280 g/mol. The number of pyridine rings is 1. The molecule has 0 bridgehead atoms. The lowest BCUT2D eigenvalue weighted by Gasteiger charge is -2.05. The highest BCUT2D eigenvalue weighted by molar-refractivity contribution is 7.90. The van der Waals surface area contributed by atoms with E-state index in [4.69, 9.17) is 0 Å². The van der Waals surface area contributed by atoms with Crippen LogP contribution in [0.15, 0.2) is 52.3 Å². The largest absolute Gasteiger partial charge is 0.329 e. The lowest BCUT2D eigenvalue weighted by Crippen LogP contribution is -2.15. The van der Waals surface area contributed by atoms with E-state index in [1.54, 1.807) is 0 Å². The number of benzene rings is 1. The summed E-state index contributed by atoms with van der Waals surface area (Å²) < 4.78 is 22.6. The van der Waals surface area contributed by atoms with Gasteiger partial charge in [-0.25, -0.2) is 8.42 Å². The van der Waals surface area contributed by atoms with Gasteiger partial charge in [0.1, 0.15) is 0 Å². The van der Waals surface area contributed by atoms with Crippen molar-refractivity contribution in [3.63, 3.8) is 0 Å². The highest BCUT2D eigenvalue weighted by Crippen LogP contribution is 2.14. The number of carbonyl (C=O) groups is 1. The van der Waals surface area contributed by atoms with Gasteiger partial charge >= 0.3 is 0 Å². The summed E-state index contributed by atoms with van der Waals surface area (Å²) in [5.74, 6) is -0.441. The van der Waals surface area contributed by atoms with Crippen molar-refractivity contribution in [3.8, 4) is 0 Å². The molecule has 1 amide bonds. The number of sulfone groups is 1. The van der Waals surface area contributed by atoms with Gasteiger partial charge in [0, 0.05) is 29.8 Å². The summed E-state index contributed by atoms with van der Waals surface area (Å²) in [5, 5.41) is 2.58. The molecule has 0 saturated heterocycles. The molecule has 0 aliphatic heterocycles. The molecule has 2 rings (SSSR count). The van der Waals surface area contributed by atoms with Crippen molar-refractivity contribution in [3.05, 3.63) is 58.5 Å². The number of anilines is 1. The highest BCUT2D eigenvalue weighted by Gasteiger charge is 2.09. The molecule has 1 aromatic carbocycles. The maximum Gasteiger partial charge on any atom is 0.255 e. The number of nitrogens with one attached hydrogen (secondary N) is 2. The van der Waals surface area contributed by atoms with Crippen LogP contribution in [0.3, 0.4) is 0 Å². The van der Waals surface area contributed by atoms with Gasteiger partial charge < -0.3 is 10.3 Å².